The Morgan fingerprint density at radius 3 is 2.30 bits per heavy atom. The Labute approximate surface area is 181 Å². The Morgan fingerprint density at radius 2 is 1.63 bits per heavy atom. The first kappa shape index (κ1) is 21.5. The molecule has 1 aromatic carbocycles. The molecule has 2 aromatic heterocycles. The summed E-state index contributed by atoms with van der Waals surface area (Å²) >= 11 is 2.66. The Hall–Kier alpha value is -3.18. The zero-order valence-electron chi connectivity index (χ0n) is 16.6. The van der Waals surface area contributed by atoms with E-state index in [0.29, 0.717) is 38.8 Å². The summed E-state index contributed by atoms with van der Waals surface area (Å²) < 4.78 is 10.6. The molecule has 0 bridgehead atoms. The van der Waals surface area contributed by atoms with Crippen LogP contribution in [0.15, 0.2) is 29.0 Å². The van der Waals surface area contributed by atoms with Gasteiger partial charge < -0.3 is 25.4 Å². The van der Waals surface area contributed by atoms with Gasteiger partial charge in [-0.2, -0.15) is 0 Å². The lowest BCUT2D eigenvalue weighted by atomic mass is 10.2. The minimum Gasteiger partial charge on any atom is -0.497 e. The van der Waals surface area contributed by atoms with Crippen LogP contribution in [-0.4, -0.2) is 43.0 Å². The number of carbonyl (C=O) groups is 2. The Bertz CT molecular complexity index is 1030. The van der Waals surface area contributed by atoms with Gasteiger partial charge in [-0.1, -0.05) is 0 Å². The van der Waals surface area contributed by atoms with Crippen molar-refractivity contribution in [2.24, 2.45) is 0 Å². The average Bonchev–Trinajstić information content (AvgIpc) is 3.36. The van der Waals surface area contributed by atoms with Crippen molar-refractivity contribution in [2.75, 3.05) is 31.9 Å². The summed E-state index contributed by atoms with van der Waals surface area (Å²) in [5.41, 5.74) is 1.96. The minimum atomic E-state index is -0.230. The van der Waals surface area contributed by atoms with E-state index in [-0.39, 0.29) is 24.7 Å². The number of hydrogen-bond acceptors (Lipinski definition) is 9. The van der Waals surface area contributed by atoms with Crippen LogP contribution in [0.4, 0.5) is 16.0 Å². The van der Waals surface area contributed by atoms with Crippen LogP contribution in [0.25, 0.3) is 0 Å². The molecular formula is C19H21N5O4S2. The van der Waals surface area contributed by atoms with Crippen molar-refractivity contribution in [3.8, 4) is 11.5 Å². The number of rotatable bonds is 9. The number of carbonyl (C=O) groups excluding carboxylic acids is 2. The molecule has 0 saturated carbocycles. The molecule has 3 rings (SSSR count). The lowest BCUT2D eigenvalue weighted by molar-refractivity contribution is -0.120. The minimum absolute atomic E-state index is 0.109. The molecule has 0 unspecified atom stereocenters. The maximum absolute atomic E-state index is 12.3. The highest BCUT2D eigenvalue weighted by atomic mass is 32.1. The first-order valence-electron chi connectivity index (χ1n) is 8.89. The van der Waals surface area contributed by atoms with Gasteiger partial charge in [0.2, 0.25) is 11.8 Å². The van der Waals surface area contributed by atoms with Crippen molar-refractivity contribution >= 4 is 50.4 Å². The molecule has 2 amide bonds. The Morgan fingerprint density at radius 1 is 0.967 bits per heavy atom. The largest absolute Gasteiger partial charge is 0.497 e. The van der Waals surface area contributed by atoms with Gasteiger partial charge in [0.1, 0.15) is 11.5 Å². The fourth-order valence-corrected chi connectivity index (χ4v) is 3.95. The quantitative estimate of drug-likeness (QED) is 0.462. The van der Waals surface area contributed by atoms with Crippen LogP contribution in [0.3, 0.4) is 0 Å². The highest BCUT2D eigenvalue weighted by Crippen LogP contribution is 2.32. The van der Waals surface area contributed by atoms with Gasteiger partial charge in [-0.25, -0.2) is 9.97 Å². The number of hydrogen-bond donors (Lipinski definition) is 3. The molecule has 158 valence electrons. The molecule has 0 aliphatic heterocycles. The van der Waals surface area contributed by atoms with Crippen LogP contribution < -0.4 is 25.4 Å². The molecule has 0 radical (unpaired) electrons. The van der Waals surface area contributed by atoms with E-state index in [9.17, 15) is 9.59 Å². The zero-order valence-corrected chi connectivity index (χ0v) is 18.3. The van der Waals surface area contributed by atoms with Gasteiger partial charge in [-0.3, -0.25) is 9.59 Å². The normalized spacial score (nSPS) is 10.4. The van der Waals surface area contributed by atoms with Crippen molar-refractivity contribution in [3.63, 3.8) is 0 Å². The van der Waals surface area contributed by atoms with E-state index in [1.807, 2.05) is 11.4 Å². The average molecular weight is 448 g/mol. The standard InChI is InChI=1S/C19H21N5O4S2/c1-20-16(25)6-11-9-30-19(22-11)24-17(26)7-12-10-29-18(21-12)23-14-8-13(27-2)4-5-15(14)28-3/h4-5,8-10H,6-7H2,1-3H3,(H,20,25)(H,21,23)(H,22,24,26). The summed E-state index contributed by atoms with van der Waals surface area (Å²) in [5, 5.41) is 13.1. The van der Waals surface area contributed by atoms with E-state index in [1.165, 1.54) is 22.7 Å². The summed E-state index contributed by atoms with van der Waals surface area (Å²) in [7, 11) is 4.75. The summed E-state index contributed by atoms with van der Waals surface area (Å²) in [6.45, 7) is 0. The number of benzene rings is 1. The van der Waals surface area contributed by atoms with Gasteiger partial charge >= 0.3 is 0 Å². The van der Waals surface area contributed by atoms with Crippen LogP contribution in [0.1, 0.15) is 11.4 Å². The highest BCUT2D eigenvalue weighted by molar-refractivity contribution is 7.14. The van der Waals surface area contributed by atoms with Crippen molar-refractivity contribution in [1.82, 2.24) is 15.3 Å². The lowest BCUT2D eigenvalue weighted by Crippen LogP contribution is -2.20. The topological polar surface area (TPSA) is 114 Å². The number of nitrogens with one attached hydrogen (secondary N) is 3. The first-order chi connectivity index (χ1) is 14.5. The molecule has 0 saturated heterocycles. The third kappa shape index (κ3) is 5.67. The number of nitrogens with zero attached hydrogens (tertiary/aromatic N) is 2. The number of aromatic nitrogens is 2. The number of likely N-dealkylation sites (N-methyl/N-ethyl adjacent to an activating group) is 1. The number of anilines is 3. The molecule has 0 spiro atoms. The predicted molar refractivity (Wildman–Crippen MR) is 117 cm³/mol. The molecule has 0 aliphatic carbocycles. The molecular weight excluding hydrogens is 426 g/mol. The van der Waals surface area contributed by atoms with Gasteiger partial charge in [-0.15, -0.1) is 22.7 Å². The highest BCUT2D eigenvalue weighted by Gasteiger charge is 2.13. The Kier molecular flexibility index (Phi) is 7.20. The predicted octanol–water partition coefficient (Wildman–Crippen LogP) is 2.83. The van der Waals surface area contributed by atoms with Crippen molar-refractivity contribution in [3.05, 3.63) is 40.3 Å². The molecule has 30 heavy (non-hydrogen) atoms. The third-order valence-electron chi connectivity index (χ3n) is 3.96. The van der Waals surface area contributed by atoms with Crippen LogP contribution in [0.5, 0.6) is 11.5 Å². The van der Waals surface area contributed by atoms with Gasteiger partial charge in [0, 0.05) is 23.9 Å². The number of methoxy groups -OCH3 is 2. The second-order valence-electron chi connectivity index (χ2n) is 6.05. The number of amides is 2. The van der Waals surface area contributed by atoms with E-state index >= 15 is 0 Å². The maximum atomic E-state index is 12.3. The van der Waals surface area contributed by atoms with Crippen LogP contribution in [-0.2, 0) is 22.4 Å². The van der Waals surface area contributed by atoms with Gasteiger partial charge in [0.05, 0.1) is 44.1 Å². The molecule has 0 atom stereocenters. The first-order valence-corrected chi connectivity index (χ1v) is 10.6. The smallest absolute Gasteiger partial charge is 0.232 e. The SMILES string of the molecule is CNC(=O)Cc1csc(NC(=O)Cc2csc(Nc3cc(OC)ccc3OC)n2)n1. The summed E-state index contributed by atoms with van der Waals surface area (Å²) in [4.78, 5) is 32.4. The van der Waals surface area contributed by atoms with Crippen molar-refractivity contribution < 1.29 is 19.1 Å². The molecule has 3 aromatic rings. The molecule has 9 nitrogen and oxygen atoms in total. The summed E-state index contributed by atoms with van der Waals surface area (Å²) in [5.74, 6) is 0.982. The van der Waals surface area contributed by atoms with E-state index in [0.717, 1.165) is 0 Å². The van der Waals surface area contributed by atoms with Gasteiger partial charge in [0.15, 0.2) is 10.3 Å². The van der Waals surface area contributed by atoms with Gasteiger partial charge in [0.25, 0.3) is 0 Å². The second kappa shape index (κ2) is 10.0. The second-order valence-corrected chi connectivity index (χ2v) is 7.77. The van der Waals surface area contributed by atoms with Crippen LogP contribution in [0.2, 0.25) is 0 Å². The van der Waals surface area contributed by atoms with Crippen LogP contribution in [0, 0.1) is 0 Å². The molecule has 0 fully saturated rings. The maximum Gasteiger partial charge on any atom is 0.232 e. The van der Waals surface area contributed by atoms with Gasteiger partial charge in [-0.05, 0) is 12.1 Å². The Balaban J connectivity index is 1.59. The van der Waals surface area contributed by atoms with E-state index in [4.69, 9.17) is 9.47 Å². The fraction of sp³-hybridized carbons (Fsp3) is 0.263. The monoisotopic (exact) mass is 447 g/mol. The molecule has 0 aliphatic rings. The van der Waals surface area contributed by atoms with Crippen molar-refractivity contribution in [1.29, 1.82) is 0 Å². The van der Waals surface area contributed by atoms with E-state index < -0.39 is 0 Å². The summed E-state index contributed by atoms with van der Waals surface area (Å²) in [6, 6.07) is 5.42. The number of ether oxygens (including phenoxy) is 2. The molecule has 11 heteroatoms. The summed E-state index contributed by atoms with van der Waals surface area (Å²) in [6.07, 6.45) is 0.287. The van der Waals surface area contributed by atoms with E-state index in [2.05, 4.69) is 25.9 Å². The number of thiazole rings is 2. The fourth-order valence-electron chi connectivity index (χ4n) is 2.50. The molecule has 2 heterocycles. The van der Waals surface area contributed by atoms with Crippen LogP contribution >= 0.6 is 22.7 Å². The third-order valence-corrected chi connectivity index (χ3v) is 5.57. The van der Waals surface area contributed by atoms with Crippen molar-refractivity contribution in [2.45, 2.75) is 12.8 Å². The lowest BCUT2D eigenvalue weighted by Gasteiger charge is -2.10. The zero-order chi connectivity index (χ0) is 21.5. The molecule has 3 N–H and O–H groups in total. The van der Waals surface area contributed by atoms with E-state index in [1.54, 1.807) is 38.8 Å².